The first kappa shape index (κ1) is 13.0. The lowest BCUT2D eigenvalue weighted by atomic mass is 10.2. The van der Waals surface area contributed by atoms with Gasteiger partial charge in [-0.1, -0.05) is 18.2 Å². The molecule has 0 spiro atoms. The van der Waals surface area contributed by atoms with Crippen LogP contribution in [0.25, 0.3) is 0 Å². The molecule has 0 aromatic heterocycles. The van der Waals surface area contributed by atoms with Gasteiger partial charge in [0.2, 0.25) is 5.91 Å². The molecule has 1 unspecified atom stereocenters. The normalized spacial score (nSPS) is 12.5. The molecule has 1 amide bonds. The van der Waals surface area contributed by atoms with Crippen LogP contribution in [-0.4, -0.2) is 23.0 Å². The molecule has 0 aromatic carbocycles. The summed E-state index contributed by atoms with van der Waals surface area (Å²) in [5, 5.41) is 11.0. The second kappa shape index (κ2) is 7.39. The van der Waals surface area contributed by atoms with Crippen molar-refractivity contribution in [1.82, 2.24) is 5.32 Å². The number of carboxylic acid groups (broad SMARTS) is 1. The largest absolute Gasteiger partial charge is 0.480 e. The van der Waals surface area contributed by atoms with Crippen LogP contribution in [0.1, 0.15) is 13.3 Å². The predicted molar refractivity (Wildman–Crippen MR) is 57.0 cm³/mol. The van der Waals surface area contributed by atoms with E-state index in [1.807, 2.05) is 0 Å². The summed E-state index contributed by atoms with van der Waals surface area (Å²) in [4.78, 5) is 21.8. The van der Waals surface area contributed by atoms with E-state index < -0.39 is 17.9 Å². The molecule has 0 aromatic rings. The number of aliphatic carboxylic acids is 1. The lowest BCUT2D eigenvalue weighted by Crippen LogP contribution is -2.39. The van der Waals surface area contributed by atoms with Crippen molar-refractivity contribution >= 4 is 11.9 Å². The summed E-state index contributed by atoms with van der Waals surface area (Å²) in [5.74, 6) is 0.574. The molecule has 0 rings (SSSR count). The van der Waals surface area contributed by atoms with Crippen molar-refractivity contribution in [3.05, 3.63) is 24.3 Å². The fourth-order valence-electron chi connectivity index (χ4n) is 0.792. The average Bonchev–Trinajstić information content (AvgIpc) is 2.17. The number of hydrogen-bond donors (Lipinski definition) is 2. The third-order valence-corrected chi connectivity index (χ3v) is 1.49. The van der Waals surface area contributed by atoms with Gasteiger partial charge in [0.15, 0.2) is 0 Å². The zero-order valence-electron chi connectivity index (χ0n) is 8.43. The molecule has 0 radical (unpaired) electrons. The van der Waals surface area contributed by atoms with Gasteiger partial charge in [0.25, 0.3) is 0 Å². The molecule has 0 fully saturated rings. The molecule has 0 saturated carbocycles. The highest BCUT2D eigenvalue weighted by Gasteiger charge is 2.16. The van der Waals surface area contributed by atoms with Crippen LogP contribution in [-0.2, 0) is 9.59 Å². The van der Waals surface area contributed by atoms with Gasteiger partial charge in [-0.3, -0.25) is 4.79 Å². The maximum atomic E-state index is 11.1. The van der Waals surface area contributed by atoms with E-state index in [-0.39, 0.29) is 6.42 Å². The highest BCUT2D eigenvalue weighted by molar-refractivity contribution is 5.91. The Morgan fingerprint density at radius 1 is 1.53 bits per heavy atom. The average molecular weight is 207 g/mol. The summed E-state index contributed by atoms with van der Waals surface area (Å²) in [6.07, 6.45) is 11.1. The minimum absolute atomic E-state index is 0.0292. The maximum absolute atomic E-state index is 11.1. The Kier molecular flexibility index (Phi) is 6.39. The SMILES string of the molecule is C#CCC(NC(=O)C=C/C=C/C)C(=O)O. The van der Waals surface area contributed by atoms with Crippen molar-refractivity contribution in [2.75, 3.05) is 0 Å². The Balaban J connectivity index is 4.24. The molecule has 0 saturated heterocycles. The molecule has 0 bridgehead atoms. The number of carbonyl (C=O) groups is 2. The van der Waals surface area contributed by atoms with Crippen molar-refractivity contribution < 1.29 is 14.7 Å². The van der Waals surface area contributed by atoms with E-state index in [0.717, 1.165) is 0 Å². The highest BCUT2D eigenvalue weighted by Crippen LogP contribution is 1.91. The molecule has 4 nitrogen and oxygen atoms in total. The monoisotopic (exact) mass is 207 g/mol. The summed E-state index contributed by atoms with van der Waals surface area (Å²) < 4.78 is 0. The van der Waals surface area contributed by atoms with Crippen LogP contribution in [0, 0.1) is 12.3 Å². The van der Waals surface area contributed by atoms with Crippen LogP contribution >= 0.6 is 0 Å². The molecule has 15 heavy (non-hydrogen) atoms. The molecule has 0 aliphatic carbocycles. The lowest BCUT2D eigenvalue weighted by Gasteiger charge is -2.09. The number of allylic oxidation sites excluding steroid dienone is 3. The van der Waals surface area contributed by atoms with Gasteiger partial charge in [0.05, 0.1) is 0 Å². The minimum Gasteiger partial charge on any atom is -0.480 e. The van der Waals surface area contributed by atoms with Gasteiger partial charge < -0.3 is 10.4 Å². The molecular formula is C11H13NO3. The fourth-order valence-corrected chi connectivity index (χ4v) is 0.792. The van der Waals surface area contributed by atoms with Crippen molar-refractivity contribution in [3.8, 4) is 12.3 Å². The second-order valence-corrected chi connectivity index (χ2v) is 2.69. The summed E-state index contributed by atoms with van der Waals surface area (Å²) in [6.45, 7) is 1.81. The molecule has 0 aliphatic rings. The Hall–Kier alpha value is -2.02. The van der Waals surface area contributed by atoms with E-state index in [2.05, 4.69) is 11.2 Å². The second-order valence-electron chi connectivity index (χ2n) is 2.69. The van der Waals surface area contributed by atoms with Crippen LogP contribution in [0.15, 0.2) is 24.3 Å². The van der Waals surface area contributed by atoms with Gasteiger partial charge in [-0.2, -0.15) is 0 Å². The number of amides is 1. The summed E-state index contributed by atoms with van der Waals surface area (Å²) in [7, 11) is 0. The van der Waals surface area contributed by atoms with Crippen LogP contribution < -0.4 is 5.32 Å². The quantitative estimate of drug-likeness (QED) is 0.396. The Bertz CT molecular complexity index is 323. The third-order valence-electron chi connectivity index (χ3n) is 1.49. The van der Waals surface area contributed by atoms with Crippen molar-refractivity contribution in [2.24, 2.45) is 0 Å². The number of carbonyl (C=O) groups excluding carboxylic acids is 1. The van der Waals surface area contributed by atoms with Gasteiger partial charge in [-0.05, 0) is 6.92 Å². The lowest BCUT2D eigenvalue weighted by molar-refractivity contribution is -0.141. The van der Waals surface area contributed by atoms with Gasteiger partial charge in [-0.15, -0.1) is 12.3 Å². The topological polar surface area (TPSA) is 66.4 Å². The van der Waals surface area contributed by atoms with Crippen molar-refractivity contribution in [2.45, 2.75) is 19.4 Å². The maximum Gasteiger partial charge on any atom is 0.327 e. The standard InChI is InChI=1S/C11H13NO3/c1-3-5-6-8-10(13)12-9(7-4-2)11(14)15/h2-3,5-6,8-9H,7H2,1H3,(H,12,13)(H,14,15)/b5-3+,8-6?. The molecule has 0 heterocycles. The van der Waals surface area contributed by atoms with E-state index in [0.29, 0.717) is 0 Å². The first-order chi connectivity index (χ1) is 7.11. The summed E-state index contributed by atoms with van der Waals surface area (Å²) in [5.41, 5.74) is 0. The minimum atomic E-state index is -1.14. The zero-order valence-corrected chi connectivity index (χ0v) is 8.43. The first-order valence-corrected chi connectivity index (χ1v) is 4.38. The number of rotatable bonds is 5. The molecular weight excluding hydrogens is 194 g/mol. The van der Waals surface area contributed by atoms with Gasteiger partial charge in [0.1, 0.15) is 6.04 Å². The van der Waals surface area contributed by atoms with Gasteiger partial charge in [0, 0.05) is 12.5 Å². The Morgan fingerprint density at radius 3 is 2.67 bits per heavy atom. The number of nitrogens with one attached hydrogen (secondary N) is 1. The smallest absolute Gasteiger partial charge is 0.327 e. The van der Waals surface area contributed by atoms with E-state index in [4.69, 9.17) is 11.5 Å². The van der Waals surface area contributed by atoms with Crippen molar-refractivity contribution in [1.29, 1.82) is 0 Å². The summed E-state index contributed by atoms with van der Waals surface area (Å²) in [6, 6.07) is -1.03. The van der Waals surface area contributed by atoms with Gasteiger partial charge in [-0.25, -0.2) is 4.79 Å². The number of terminal acetylenes is 1. The Morgan fingerprint density at radius 2 is 2.20 bits per heavy atom. The molecule has 80 valence electrons. The van der Waals surface area contributed by atoms with Crippen LogP contribution in [0.4, 0.5) is 0 Å². The first-order valence-electron chi connectivity index (χ1n) is 4.38. The number of hydrogen-bond acceptors (Lipinski definition) is 2. The van der Waals surface area contributed by atoms with E-state index in [1.165, 1.54) is 12.2 Å². The highest BCUT2D eigenvalue weighted by atomic mass is 16.4. The van der Waals surface area contributed by atoms with Crippen molar-refractivity contribution in [3.63, 3.8) is 0 Å². The van der Waals surface area contributed by atoms with Crippen LogP contribution in [0.2, 0.25) is 0 Å². The van der Waals surface area contributed by atoms with Crippen LogP contribution in [0.5, 0.6) is 0 Å². The number of carboxylic acids is 1. The molecule has 4 heteroatoms. The van der Waals surface area contributed by atoms with E-state index in [1.54, 1.807) is 19.1 Å². The third kappa shape index (κ3) is 6.11. The molecule has 2 N–H and O–H groups in total. The Labute approximate surface area is 88.7 Å². The molecule has 1 atom stereocenters. The van der Waals surface area contributed by atoms with E-state index >= 15 is 0 Å². The van der Waals surface area contributed by atoms with Crippen LogP contribution in [0.3, 0.4) is 0 Å². The van der Waals surface area contributed by atoms with Gasteiger partial charge >= 0.3 is 5.97 Å². The van der Waals surface area contributed by atoms with E-state index in [9.17, 15) is 9.59 Å². The zero-order chi connectivity index (χ0) is 11.7. The fraction of sp³-hybridized carbons (Fsp3) is 0.273. The molecule has 0 aliphatic heterocycles. The predicted octanol–water partition coefficient (Wildman–Crippen LogP) is 0.711. The summed E-state index contributed by atoms with van der Waals surface area (Å²) >= 11 is 0.